The number of benzene rings is 1. The van der Waals surface area contributed by atoms with Gasteiger partial charge in [-0.2, -0.15) is 0 Å². The van der Waals surface area contributed by atoms with E-state index in [1.54, 1.807) is 0 Å². The van der Waals surface area contributed by atoms with E-state index < -0.39 is 0 Å². The van der Waals surface area contributed by atoms with Crippen LogP contribution in [0.1, 0.15) is 25.0 Å². The zero-order valence-electron chi connectivity index (χ0n) is 9.46. The Balaban J connectivity index is 2.43. The molecule has 16 heavy (non-hydrogen) atoms. The van der Waals surface area contributed by atoms with Gasteiger partial charge < -0.3 is 15.6 Å². The van der Waals surface area contributed by atoms with E-state index >= 15 is 0 Å². The van der Waals surface area contributed by atoms with E-state index in [1.807, 2.05) is 19.9 Å². The van der Waals surface area contributed by atoms with Gasteiger partial charge in [0.25, 0.3) is 0 Å². The molecule has 1 aromatic carbocycles. The molecule has 2 rings (SSSR count). The molecule has 1 aromatic rings. The predicted octanol–water partition coefficient (Wildman–Crippen LogP) is 2.26. The predicted molar refractivity (Wildman–Crippen MR) is 64.3 cm³/mol. The molecule has 0 spiro atoms. The molecule has 0 fully saturated rings. The Hall–Kier alpha value is -0.930. The first-order valence-electron chi connectivity index (χ1n) is 5.44. The number of aromatic hydroxyl groups is 1. The van der Waals surface area contributed by atoms with Gasteiger partial charge in [0.15, 0.2) is 0 Å². The van der Waals surface area contributed by atoms with Crippen LogP contribution in [0.5, 0.6) is 11.5 Å². The number of hydrogen-bond donors (Lipinski definition) is 2. The van der Waals surface area contributed by atoms with Gasteiger partial charge in [-0.05, 0) is 26.3 Å². The molecule has 0 amide bonds. The van der Waals surface area contributed by atoms with E-state index in [2.05, 4.69) is 0 Å². The lowest BCUT2D eigenvalue weighted by Gasteiger charge is -2.11. The van der Waals surface area contributed by atoms with Gasteiger partial charge in [-0.3, -0.25) is 0 Å². The van der Waals surface area contributed by atoms with Gasteiger partial charge in [0.2, 0.25) is 0 Å². The monoisotopic (exact) mass is 241 g/mol. The summed E-state index contributed by atoms with van der Waals surface area (Å²) in [5.41, 5.74) is 7.38. The molecule has 1 heterocycles. The zero-order chi connectivity index (χ0) is 11.9. The maximum atomic E-state index is 9.95. The molecule has 2 atom stereocenters. The topological polar surface area (TPSA) is 55.5 Å². The van der Waals surface area contributed by atoms with Crippen LogP contribution in [0.2, 0.25) is 5.02 Å². The third-order valence-corrected chi connectivity index (χ3v) is 3.15. The lowest BCUT2D eigenvalue weighted by Crippen LogP contribution is -2.17. The number of halogens is 1. The third kappa shape index (κ3) is 1.97. The molecule has 88 valence electrons. The average Bonchev–Trinajstić information content (AvgIpc) is 2.54. The van der Waals surface area contributed by atoms with Gasteiger partial charge >= 0.3 is 0 Å². The number of phenols is 1. The minimum absolute atomic E-state index is 0.0150. The van der Waals surface area contributed by atoms with E-state index in [0.29, 0.717) is 11.4 Å². The molecule has 3 nitrogen and oxygen atoms in total. The second-order valence-electron chi connectivity index (χ2n) is 4.49. The van der Waals surface area contributed by atoms with Gasteiger partial charge in [-0.25, -0.2) is 0 Å². The van der Waals surface area contributed by atoms with Crippen LogP contribution in [0.25, 0.3) is 0 Å². The second kappa shape index (κ2) is 4.15. The molecule has 4 heteroatoms. The quantitative estimate of drug-likeness (QED) is 0.835. The fraction of sp³-hybridized carbons (Fsp3) is 0.500. The summed E-state index contributed by atoms with van der Waals surface area (Å²) in [6, 6.07) is 1.84. The van der Waals surface area contributed by atoms with Gasteiger partial charge in [-0.1, -0.05) is 11.6 Å². The van der Waals surface area contributed by atoms with E-state index in [9.17, 15) is 5.11 Å². The van der Waals surface area contributed by atoms with Crippen LogP contribution in [-0.2, 0) is 12.8 Å². The van der Waals surface area contributed by atoms with Crippen molar-refractivity contribution in [1.29, 1.82) is 0 Å². The summed E-state index contributed by atoms with van der Waals surface area (Å²) in [5.74, 6) is 0.932. The Labute approximate surface area is 100 Å². The van der Waals surface area contributed by atoms with Crippen LogP contribution in [0.3, 0.4) is 0 Å². The number of nitrogens with two attached hydrogens (primary N) is 1. The van der Waals surface area contributed by atoms with Gasteiger partial charge in [0.05, 0.1) is 5.02 Å². The molecule has 0 saturated carbocycles. The van der Waals surface area contributed by atoms with Crippen molar-refractivity contribution in [3.63, 3.8) is 0 Å². The maximum Gasteiger partial charge on any atom is 0.137 e. The van der Waals surface area contributed by atoms with Crippen molar-refractivity contribution in [3.8, 4) is 11.5 Å². The Morgan fingerprint density at radius 2 is 2.38 bits per heavy atom. The Morgan fingerprint density at radius 3 is 3.00 bits per heavy atom. The lowest BCUT2D eigenvalue weighted by molar-refractivity contribution is 0.254. The molecule has 3 N–H and O–H groups in total. The molecule has 0 aliphatic carbocycles. The van der Waals surface area contributed by atoms with E-state index in [1.165, 1.54) is 0 Å². The van der Waals surface area contributed by atoms with Crippen LogP contribution in [-0.4, -0.2) is 17.3 Å². The zero-order valence-corrected chi connectivity index (χ0v) is 10.2. The molecule has 0 saturated heterocycles. The largest absolute Gasteiger partial charge is 0.506 e. The van der Waals surface area contributed by atoms with Crippen molar-refractivity contribution < 1.29 is 9.84 Å². The Kier molecular flexibility index (Phi) is 3.00. The molecular weight excluding hydrogens is 226 g/mol. The average molecular weight is 242 g/mol. The van der Waals surface area contributed by atoms with Gasteiger partial charge in [0, 0.05) is 23.6 Å². The van der Waals surface area contributed by atoms with Crippen molar-refractivity contribution in [2.24, 2.45) is 5.73 Å². The van der Waals surface area contributed by atoms with Crippen LogP contribution >= 0.6 is 11.6 Å². The third-order valence-electron chi connectivity index (χ3n) is 2.74. The van der Waals surface area contributed by atoms with Crippen molar-refractivity contribution in [1.82, 2.24) is 0 Å². The number of rotatable bonds is 2. The van der Waals surface area contributed by atoms with Gasteiger partial charge in [-0.15, -0.1) is 0 Å². The summed E-state index contributed by atoms with van der Waals surface area (Å²) >= 11 is 6.12. The first kappa shape index (κ1) is 11.6. The highest BCUT2D eigenvalue weighted by Gasteiger charge is 2.25. The van der Waals surface area contributed by atoms with Crippen LogP contribution in [0, 0.1) is 0 Å². The first-order valence-corrected chi connectivity index (χ1v) is 5.82. The first-order chi connectivity index (χ1) is 7.49. The fourth-order valence-corrected chi connectivity index (χ4v) is 2.34. The van der Waals surface area contributed by atoms with E-state index in [0.717, 1.165) is 23.3 Å². The molecule has 0 radical (unpaired) electrons. The minimum Gasteiger partial charge on any atom is -0.506 e. The van der Waals surface area contributed by atoms with Crippen LogP contribution in [0.4, 0.5) is 0 Å². The summed E-state index contributed by atoms with van der Waals surface area (Å²) in [5, 5.41) is 10.4. The summed E-state index contributed by atoms with van der Waals surface area (Å²) in [6.45, 7) is 3.88. The SMILES string of the molecule is CC(N)Cc1cc2c(c(Cl)c1O)CC(C)O2. The fourth-order valence-electron chi connectivity index (χ4n) is 2.05. The number of hydrogen-bond acceptors (Lipinski definition) is 3. The van der Waals surface area contributed by atoms with Crippen molar-refractivity contribution in [2.75, 3.05) is 0 Å². The minimum atomic E-state index is -0.0150. The van der Waals surface area contributed by atoms with Crippen molar-refractivity contribution in [3.05, 3.63) is 22.2 Å². The molecule has 2 unspecified atom stereocenters. The maximum absolute atomic E-state index is 9.95. The molecular formula is C12H16ClNO2. The number of phenolic OH excluding ortho intramolecular Hbond substituents is 1. The molecule has 0 aromatic heterocycles. The van der Waals surface area contributed by atoms with Crippen LogP contribution in [0.15, 0.2) is 6.07 Å². The standard InChI is InChI=1S/C12H16ClNO2/c1-6(14)3-8-5-10-9(4-7(2)16-10)11(13)12(8)15/h5-7,15H,3-4,14H2,1-2H3. The Morgan fingerprint density at radius 1 is 1.69 bits per heavy atom. The summed E-state index contributed by atoms with van der Waals surface area (Å²) in [7, 11) is 0. The second-order valence-corrected chi connectivity index (χ2v) is 4.87. The smallest absolute Gasteiger partial charge is 0.137 e. The highest BCUT2D eigenvalue weighted by atomic mass is 35.5. The van der Waals surface area contributed by atoms with Crippen molar-refractivity contribution >= 4 is 11.6 Å². The highest BCUT2D eigenvalue weighted by Crippen LogP contribution is 2.42. The van der Waals surface area contributed by atoms with E-state index in [-0.39, 0.29) is 17.9 Å². The normalized spacial score (nSPS) is 20.4. The van der Waals surface area contributed by atoms with Gasteiger partial charge in [0.1, 0.15) is 17.6 Å². The lowest BCUT2D eigenvalue weighted by atomic mass is 10.0. The van der Waals surface area contributed by atoms with Crippen molar-refractivity contribution in [2.45, 2.75) is 38.8 Å². The molecule has 0 bridgehead atoms. The molecule has 1 aliphatic heterocycles. The number of ether oxygens (including phenoxy) is 1. The summed E-state index contributed by atoms with van der Waals surface area (Å²) in [4.78, 5) is 0. The van der Waals surface area contributed by atoms with Crippen LogP contribution < -0.4 is 10.5 Å². The molecule has 1 aliphatic rings. The summed E-state index contributed by atoms with van der Waals surface area (Å²) < 4.78 is 5.63. The number of fused-ring (bicyclic) bond motifs is 1. The summed E-state index contributed by atoms with van der Waals surface area (Å²) in [6.07, 6.45) is 1.47. The van der Waals surface area contributed by atoms with E-state index in [4.69, 9.17) is 22.1 Å². The Bertz CT molecular complexity index is 418. The highest BCUT2D eigenvalue weighted by molar-refractivity contribution is 6.33.